The Morgan fingerprint density at radius 2 is 1.35 bits per heavy atom. The first-order valence-electron chi connectivity index (χ1n) is 11.3. The van der Waals surface area contributed by atoms with Gasteiger partial charge in [0.05, 0.1) is 5.56 Å². The van der Waals surface area contributed by atoms with E-state index in [1.165, 1.54) is 37.8 Å². The standard InChI is InChI=1S/C23H30F3N3O2/c24-23(25,26)19-7-5-17(6-8-19)21(30)28-11-9-18(10-12-28)22(31)29-15-13-27(14-16-29)20-3-1-2-4-20/h5-8,18,20H,1-4,9-16H2. The summed E-state index contributed by atoms with van der Waals surface area (Å²) in [5.74, 6) is -0.160. The molecule has 3 aliphatic rings. The van der Waals surface area contributed by atoms with Gasteiger partial charge in [0.1, 0.15) is 0 Å². The van der Waals surface area contributed by atoms with E-state index in [-0.39, 0.29) is 23.3 Å². The molecular weight excluding hydrogens is 407 g/mol. The van der Waals surface area contributed by atoms with Gasteiger partial charge in [0.25, 0.3) is 5.91 Å². The lowest BCUT2D eigenvalue weighted by Crippen LogP contribution is -2.53. The second-order valence-corrected chi connectivity index (χ2v) is 8.94. The third-order valence-electron chi connectivity index (χ3n) is 7.06. The Morgan fingerprint density at radius 3 is 1.90 bits per heavy atom. The van der Waals surface area contributed by atoms with Gasteiger partial charge in [0.2, 0.25) is 5.91 Å². The fourth-order valence-corrected chi connectivity index (χ4v) is 5.15. The molecule has 0 atom stereocenters. The number of nitrogens with zero attached hydrogens (tertiary/aromatic N) is 3. The van der Waals surface area contributed by atoms with Crippen molar-refractivity contribution in [1.82, 2.24) is 14.7 Å². The van der Waals surface area contributed by atoms with E-state index in [0.29, 0.717) is 32.0 Å². The Hall–Kier alpha value is -2.09. The van der Waals surface area contributed by atoms with Crippen molar-refractivity contribution >= 4 is 11.8 Å². The normalized spacial score (nSPS) is 22.2. The third-order valence-corrected chi connectivity index (χ3v) is 7.06. The number of carbonyl (C=O) groups excluding carboxylic acids is 2. The molecule has 2 amide bonds. The van der Waals surface area contributed by atoms with Crippen molar-refractivity contribution in [2.75, 3.05) is 39.3 Å². The zero-order valence-electron chi connectivity index (χ0n) is 17.7. The molecule has 0 radical (unpaired) electrons. The quantitative estimate of drug-likeness (QED) is 0.725. The fraction of sp³-hybridized carbons (Fsp3) is 0.652. The van der Waals surface area contributed by atoms with Crippen LogP contribution in [0.25, 0.3) is 0 Å². The van der Waals surface area contributed by atoms with E-state index in [4.69, 9.17) is 0 Å². The molecule has 1 aromatic rings. The van der Waals surface area contributed by atoms with Crippen molar-refractivity contribution in [3.05, 3.63) is 35.4 Å². The third kappa shape index (κ3) is 5.05. The molecule has 5 nitrogen and oxygen atoms in total. The number of benzene rings is 1. The van der Waals surface area contributed by atoms with Crippen LogP contribution in [0, 0.1) is 5.92 Å². The van der Waals surface area contributed by atoms with Crippen LogP contribution in [0.1, 0.15) is 54.4 Å². The predicted octanol–water partition coefficient (Wildman–Crippen LogP) is 3.64. The number of amides is 2. The van der Waals surface area contributed by atoms with Gasteiger partial charge in [0, 0.05) is 56.8 Å². The summed E-state index contributed by atoms with van der Waals surface area (Å²) in [5, 5.41) is 0. The first kappa shape index (κ1) is 22.1. The summed E-state index contributed by atoms with van der Waals surface area (Å²) in [6.07, 6.45) is 1.98. The number of halogens is 3. The average Bonchev–Trinajstić information content (AvgIpc) is 3.33. The van der Waals surface area contributed by atoms with E-state index in [2.05, 4.69) is 4.90 Å². The van der Waals surface area contributed by atoms with Crippen LogP contribution >= 0.6 is 0 Å². The van der Waals surface area contributed by atoms with Gasteiger partial charge in [-0.1, -0.05) is 12.8 Å². The summed E-state index contributed by atoms with van der Waals surface area (Å²) >= 11 is 0. The number of hydrogen-bond acceptors (Lipinski definition) is 3. The molecule has 0 aromatic heterocycles. The number of alkyl halides is 3. The van der Waals surface area contributed by atoms with E-state index in [1.807, 2.05) is 4.90 Å². The summed E-state index contributed by atoms with van der Waals surface area (Å²) in [4.78, 5) is 31.7. The predicted molar refractivity (Wildman–Crippen MR) is 110 cm³/mol. The summed E-state index contributed by atoms with van der Waals surface area (Å²) < 4.78 is 38.1. The molecule has 0 N–H and O–H groups in total. The van der Waals surface area contributed by atoms with Gasteiger partial charge in [-0.2, -0.15) is 13.2 Å². The van der Waals surface area contributed by atoms with Crippen molar-refractivity contribution in [1.29, 1.82) is 0 Å². The molecular formula is C23H30F3N3O2. The molecule has 0 unspecified atom stereocenters. The lowest BCUT2D eigenvalue weighted by atomic mass is 9.94. The van der Waals surface area contributed by atoms with Crippen molar-refractivity contribution in [2.24, 2.45) is 5.92 Å². The fourth-order valence-electron chi connectivity index (χ4n) is 5.15. The maximum absolute atomic E-state index is 13.0. The van der Waals surface area contributed by atoms with Crippen LogP contribution < -0.4 is 0 Å². The number of piperidine rings is 1. The second-order valence-electron chi connectivity index (χ2n) is 8.94. The number of carbonyl (C=O) groups is 2. The summed E-state index contributed by atoms with van der Waals surface area (Å²) in [6, 6.07) is 5.03. The Labute approximate surface area is 181 Å². The number of rotatable bonds is 3. The molecule has 1 aliphatic carbocycles. The SMILES string of the molecule is O=C(c1ccc(C(F)(F)F)cc1)N1CCC(C(=O)N2CCN(C3CCCC3)CC2)CC1. The molecule has 0 bridgehead atoms. The van der Waals surface area contributed by atoms with Gasteiger partial charge in [-0.15, -0.1) is 0 Å². The van der Waals surface area contributed by atoms with E-state index in [1.54, 1.807) is 4.90 Å². The van der Waals surface area contributed by atoms with Gasteiger partial charge < -0.3 is 9.80 Å². The maximum Gasteiger partial charge on any atom is 0.416 e. The van der Waals surface area contributed by atoms with E-state index < -0.39 is 11.7 Å². The molecule has 1 saturated carbocycles. The lowest BCUT2D eigenvalue weighted by molar-refractivity contribution is -0.139. The zero-order valence-corrected chi connectivity index (χ0v) is 17.7. The molecule has 170 valence electrons. The van der Waals surface area contributed by atoms with Crippen LogP contribution in [0.5, 0.6) is 0 Å². The number of piperazine rings is 1. The summed E-state index contributed by atoms with van der Waals surface area (Å²) in [6.45, 7) is 4.36. The highest BCUT2D eigenvalue weighted by Gasteiger charge is 2.34. The van der Waals surface area contributed by atoms with Gasteiger partial charge in [-0.25, -0.2) is 0 Å². The van der Waals surface area contributed by atoms with Crippen molar-refractivity contribution in [2.45, 2.75) is 50.7 Å². The van der Waals surface area contributed by atoms with Crippen molar-refractivity contribution in [3.8, 4) is 0 Å². The molecule has 1 aromatic carbocycles. The van der Waals surface area contributed by atoms with Gasteiger partial charge in [-0.05, 0) is 49.9 Å². The Bertz CT molecular complexity index is 774. The van der Waals surface area contributed by atoms with Crippen LogP contribution in [0.4, 0.5) is 13.2 Å². The van der Waals surface area contributed by atoms with E-state index in [9.17, 15) is 22.8 Å². The Morgan fingerprint density at radius 1 is 0.774 bits per heavy atom. The van der Waals surface area contributed by atoms with E-state index in [0.717, 1.165) is 38.3 Å². The summed E-state index contributed by atoms with van der Waals surface area (Å²) in [7, 11) is 0. The maximum atomic E-state index is 13.0. The number of hydrogen-bond donors (Lipinski definition) is 0. The minimum Gasteiger partial charge on any atom is -0.340 e. The monoisotopic (exact) mass is 437 g/mol. The van der Waals surface area contributed by atoms with E-state index >= 15 is 0 Å². The molecule has 3 fully saturated rings. The highest BCUT2D eigenvalue weighted by molar-refractivity contribution is 5.94. The van der Waals surface area contributed by atoms with Crippen molar-refractivity contribution in [3.63, 3.8) is 0 Å². The van der Waals surface area contributed by atoms with Crippen LogP contribution in [0.15, 0.2) is 24.3 Å². The molecule has 2 heterocycles. The molecule has 2 saturated heterocycles. The summed E-state index contributed by atoms with van der Waals surface area (Å²) in [5.41, 5.74) is -0.512. The van der Waals surface area contributed by atoms with Crippen LogP contribution in [0.2, 0.25) is 0 Å². The molecule has 4 rings (SSSR count). The van der Waals surface area contributed by atoms with Gasteiger partial charge in [-0.3, -0.25) is 14.5 Å². The van der Waals surface area contributed by atoms with Crippen LogP contribution in [0.3, 0.4) is 0 Å². The lowest BCUT2D eigenvalue weighted by Gasteiger charge is -2.40. The zero-order chi connectivity index (χ0) is 22.0. The first-order valence-corrected chi connectivity index (χ1v) is 11.3. The van der Waals surface area contributed by atoms with Crippen LogP contribution in [-0.4, -0.2) is 71.8 Å². The average molecular weight is 438 g/mol. The molecule has 2 aliphatic heterocycles. The number of likely N-dealkylation sites (tertiary alicyclic amines) is 1. The molecule has 8 heteroatoms. The highest BCUT2D eigenvalue weighted by Crippen LogP contribution is 2.30. The first-order chi connectivity index (χ1) is 14.8. The van der Waals surface area contributed by atoms with Crippen molar-refractivity contribution < 1.29 is 22.8 Å². The second kappa shape index (κ2) is 9.18. The topological polar surface area (TPSA) is 43.9 Å². The molecule has 0 spiro atoms. The Balaban J connectivity index is 1.25. The highest BCUT2D eigenvalue weighted by atomic mass is 19.4. The molecule has 31 heavy (non-hydrogen) atoms. The van der Waals surface area contributed by atoms with Gasteiger partial charge >= 0.3 is 6.18 Å². The minimum absolute atomic E-state index is 0.0744. The minimum atomic E-state index is -4.41. The van der Waals surface area contributed by atoms with Gasteiger partial charge in [0.15, 0.2) is 0 Å². The Kier molecular flexibility index (Phi) is 6.55. The van der Waals surface area contributed by atoms with Crippen LogP contribution in [-0.2, 0) is 11.0 Å². The smallest absolute Gasteiger partial charge is 0.340 e. The largest absolute Gasteiger partial charge is 0.416 e.